The molecule has 0 spiro atoms. The van der Waals surface area contributed by atoms with Crippen molar-refractivity contribution in [1.29, 1.82) is 0 Å². The lowest BCUT2D eigenvalue weighted by molar-refractivity contribution is -0.118. The van der Waals surface area contributed by atoms with Crippen LogP contribution >= 0.6 is 11.6 Å². The zero-order chi connectivity index (χ0) is 20.1. The lowest BCUT2D eigenvalue weighted by Gasteiger charge is -2.14. The van der Waals surface area contributed by atoms with Crippen LogP contribution in [-0.2, 0) is 14.8 Å². The second-order valence-corrected chi connectivity index (χ2v) is 9.02. The van der Waals surface area contributed by atoms with Crippen molar-refractivity contribution in [1.82, 2.24) is 4.72 Å². The van der Waals surface area contributed by atoms with E-state index < -0.39 is 10.0 Å². The Labute approximate surface area is 170 Å². The molecule has 2 N–H and O–H groups in total. The first-order chi connectivity index (χ1) is 13.3. The third kappa shape index (κ3) is 5.47. The molecule has 2 aromatic rings. The Kier molecular flexibility index (Phi) is 6.59. The summed E-state index contributed by atoms with van der Waals surface area (Å²) in [6.07, 6.45) is 3.77. The Morgan fingerprint density at radius 3 is 2.61 bits per heavy atom. The number of carbonyl (C=O) groups is 1. The SMILES string of the molecule is Cc1cccc(NC(=O)COc2ccc(S(=O)(=O)NC3CCCC3)cc2Cl)c1. The van der Waals surface area contributed by atoms with Crippen LogP contribution in [0.5, 0.6) is 5.75 Å². The van der Waals surface area contributed by atoms with E-state index in [4.69, 9.17) is 16.3 Å². The fourth-order valence-electron chi connectivity index (χ4n) is 3.16. The molecule has 1 fully saturated rings. The molecule has 0 heterocycles. The Balaban J connectivity index is 1.60. The minimum Gasteiger partial charge on any atom is -0.482 e. The predicted molar refractivity (Wildman–Crippen MR) is 109 cm³/mol. The summed E-state index contributed by atoms with van der Waals surface area (Å²) in [6, 6.07) is 11.6. The molecule has 1 aliphatic rings. The number of hydrogen-bond acceptors (Lipinski definition) is 4. The second kappa shape index (κ2) is 8.94. The minimum atomic E-state index is -3.63. The number of rotatable bonds is 7. The summed E-state index contributed by atoms with van der Waals surface area (Å²) in [4.78, 5) is 12.1. The first kappa shape index (κ1) is 20.6. The van der Waals surface area contributed by atoms with Crippen LogP contribution < -0.4 is 14.8 Å². The first-order valence-corrected chi connectivity index (χ1v) is 11.0. The predicted octanol–water partition coefficient (Wildman–Crippen LogP) is 3.89. The van der Waals surface area contributed by atoms with E-state index in [1.807, 2.05) is 25.1 Å². The molecular formula is C20H23ClN2O4S. The van der Waals surface area contributed by atoms with Gasteiger partial charge in [-0.1, -0.05) is 36.6 Å². The minimum absolute atomic E-state index is 0.0231. The van der Waals surface area contributed by atoms with E-state index in [2.05, 4.69) is 10.0 Å². The third-order valence-corrected chi connectivity index (χ3v) is 6.36. The van der Waals surface area contributed by atoms with Crippen LogP contribution in [0, 0.1) is 6.92 Å². The number of carbonyl (C=O) groups excluding carboxylic acids is 1. The van der Waals surface area contributed by atoms with Crippen molar-refractivity contribution in [3.63, 3.8) is 0 Å². The maximum absolute atomic E-state index is 12.5. The lowest BCUT2D eigenvalue weighted by Crippen LogP contribution is -2.32. The number of sulfonamides is 1. The number of benzene rings is 2. The Bertz CT molecular complexity index is 956. The number of nitrogens with one attached hydrogen (secondary N) is 2. The highest BCUT2D eigenvalue weighted by Crippen LogP contribution is 2.28. The van der Waals surface area contributed by atoms with Crippen molar-refractivity contribution in [2.75, 3.05) is 11.9 Å². The van der Waals surface area contributed by atoms with Gasteiger partial charge in [0.25, 0.3) is 5.91 Å². The van der Waals surface area contributed by atoms with E-state index in [1.165, 1.54) is 18.2 Å². The maximum atomic E-state index is 12.5. The highest BCUT2D eigenvalue weighted by Gasteiger charge is 2.23. The highest BCUT2D eigenvalue weighted by atomic mass is 35.5. The molecular weight excluding hydrogens is 400 g/mol. The zero-order valence-electron chi connectivity index (χ0n) is 15.6. The summed E-state index contributed by atoms with van der Waals surface area (Å²) < 4.78 is 33.1. The first-order valence-electron chi connectivity index (χ1n) is 9.15. The normalized spacial score (nSPS) is 14.8. The summed E-state index contributed by atoms with van der Waals surface area (Å²) in [6.45, 7) is 1.70. The Morgan fingerprint density at radius 2 is 1.93 bits per heavy atom. The van der Waals surface area contributed by atoms with E-state index in [-0.39, 0.29) is 34.2 Å². The number of halogens is 1. The van der Waals surface area contributed by atoms with Gasteiger partial charge in [-0.2, -0.15) is 0 Å². The summed E-state index contributed by atoms with van der Waals surface area (Å²) in [5, 5.41) is 2.87. The van der Waals surface area contributed by atoms with Gasteiger partial charge in [0.2, 0.25) is 10.0 Å². The molecule has 0 saturated heterocycles. The number of amides is 1. The van der Waals surface area contributed by atoms with E-state index in [9.17, 15) is 13.2 Å². The van der Waals surface area contributed by atoms with Crippen LogP contribution in [0.15, 0.2) is 47.4 Å². The molecule has 0 bridgehead atoms. The average Bonchev–Trinajstić information content (AvgIpc) is 3.13. The van der Waals surface area contributed by atoms with E-state index >= 15 is 0 Å². The Morgan fingerprint density at radius 1 is 1.18 bits per heavy atom. The van der Waals surface area contributed by atoms with Crippen LogP contribution in [-0.4, -0.2) is 27.0 Å². The smallest absolute Gasteiger partial charge is 0.262 e. The largest absolute Gasteiger partial charge is 0.482 e. The highest BCUT2D eigenvalue weighted by molar-refractivity contribution is 7.89. The summed E-state index contributed by atoms with van der Waals surface area (Å²) in [7, 11) is -3.63. The van der Waals surface area contributed by atoms with Crippen molar-refractivity contribution in [2.45, 2.75) is 43.5 Å². The standard InChI is InChI=1S/C20H23ClN2O4S/c1-14-5-4-8-16(11-14)22-20(24)13-27-19-10-9-17(12-18(19)21)28(25,26)23-15-6-2-3-7-15/h4-5,8-12,15,23H,2-3,6-7,13H2,1H3,(H,22,24). The number of ether oxygens (including phenoxy) is 1. The van der Waals surface area contributed by atoms with Crippen molar-refractivity contribution in [3.8, 4) is 5.75 Å². The van der Waals surface area contributed by atoms with Gasteiger partial charge < -0.3 is 10.1 Å². The van der Waals surface area contributed by atoms with Crippen molar-refractivity contribution >= 4 is 33.2 Å². The maximum Gasteiger partial charge on any atom is 0.262 e. The summed E-state index contributed by atoms with van der Waals surface area (Å²) in [5.41, 5.74) is 1.71. The zero-order valence-corrected chi connectivity index (χ0v) is 17.1. The van der Waals surface area contributed by atoms with Crippen molar-refractivity contribution in [2.24, 2.45) is 0 Å². The van der Waals surface area contributed by atoms with Gasteiger partial charge in [0, 0.05) is 11.7 Å². The van der Waals surface area contributed by atoms with Crippen LogP contribution in [0.2, 0.25) is 5.02 Å². The molecule has 3 rings (SSSR count). The van der Waals surface area contributed by atoms with Crippen LogP contribution in [0.1, 0.15) is 31.2 Å². The van der Waals surface area contributed by atoms with Crippen molar-refractivity contribution in [3.05, 3.63) is 53.1 Å². The molecule has 0 atom stereocenters. The molecule has 0 radical (unpaired) electrons. The Hall–Kier alpha value is -2.09. The molecule has 0 unspecified atom stereocenters. The molecule has 28 heavy (non-hydrogen) atoms. The van der Waals surface area contributed by atoms with E-state index in [0.29, 0.717) is 5.69 Å². The summed E-state index contributed by atoms with van der Waals surface area (Å²) in [5.74, 6) is -0.0814. The quantitative estimate of drug-likeness (QED) is 0.709. The van der Waals surface area contributed by atoms with Crippen LogP contribution in [0.25, 0.3) is 0 Å². The molecule has 1 aliphatic carbocycles. The molecule has 150 valence electrons. The molecule has 0 aromatic heterocycles. The van der Waals surface area contributed by atoms with Gasteiger partial charge in [0.15, 0.2) is 6.61 Å². The number of aryl methyl sites for hydroxylation is 1. The second-order valence-electron chi connectivity index (χ2n) is 6.90. The lowest BCUT2D eigenvalue weighted by atomic mass is 10.2. The third-order valence-electron chi connectivity index (χ3n) is 4.55. The van der Waals surface area contributed by atoms with Gasteiger partial charge in [-0.15, -0.1) is 0 Å². The number of anilines is 1. The van der Waals surface area contributed by atoms with Gasteiger partial charge in [-0.3, -0.25) is 4.79 Å². The van der Waals surface area contributed by atoms with E-state index in [1.54, 1.807) is 6.07 Å². The van der Waals surface area contributed by atoms with Crippen molar-refractivity contribution < 1.29 is 17.9 Å². The van der Waals surface area contributed by atoms with E-state index in [0.717, 1.165) is 31.2 Å². The molecule has 1 saturated carbocycles. The van der Waals surface area contributed by atoms with Gasteiger partial charge >= 0.3 is 0 Å². The molecule has 0 aliphatic heterocycles. The van der Waals surface area contributed by atoms with Gasteiger partial charge in [-0.25, -0.2) is 13.1 Å². The van der Waals surface area contributed by atoms with Gasteiger partial charge in [0.05, 0.1) is 9.92 Å². The van der Waals surface area contributed by atoms with Gasteiger partial charge in [-0.05, 0) is 55.7 Å². The van der Waals surface area contributed by atoms with Crippen LogP contribution in [0.3, 0.4) is 0 Å². The molecule has 6 nitrogen and oxygen atoms in total. The fourth-order valence-corrected chi connectivity index (χ4v) is 4.79. The fraction of sp³-hybridized carbons (Fsp3) is 0.350. The topological polar surface area (TPSA) is 84.5 Å². The average molecular weight is 423 g/mol. The number of hydrogen-bond donors (Lipinski definition) is 2. The van der Waals surface area contributed by atoms with Crippen LogP contribution in [0.4, 0.5) is 5.69 Å². The summed E-state index contributed by atoms with van der Waals surface area (Å²) >= 11 is 6.17. The molecule has 1 amide bonds. The molecule has 8 heteroatoms. The molecule has 2 aromatic carbocycles. The monoisotopic (exact) mass is 422 g/mol. The van der Waals surface area contributed by atoms with Gasteiger partial charge in [0.1, 0.15) is 5.75 Å².